The molecule has 2 atom stereocenters. The predicted octanol–water partition coefficient (Wildman–Crippen LogP) is 2.29. The van der Waals surface area contributed by atoms with E-state index in [2.05, 4.69) is 44.2 Å². The average Bonchev–Trinajstić information content (AvgIpc) is 3.95. The number of carbonyl (C=O) groups excluding carboxylic acids is 1. The molecule has 3 heterocycles. The molecule has 2 unspecified atom stereocenters. The summed E-state index contributed by atoms with van der Waals surface area (Å²) in [4.78, 5) is 35.0. The first-order chi connectivity index (χ1) is 23.5. The number of carboxylic acids is 1. The van der Waals surface area contributed by atoms with Gasteiger partial charge in [0, 0.05) is 11.5 Å². The third-order valence-electron chi connectivity index (χ3n) is 9.36. The van der Waals surface area contributed by atoms with Gasteiger partial charge >= 0.3 is 29.6 Å². The van der Waals surface area contributed by atoms with E-state index in [9.17, 15) is 9.90 Å². The molecule has 0 bridgehead atoms. The fourth-order valence-corrected chi connectivity index (χ4v) is 6.79. The fourth-order valence-electron chi connectivity index (χ4n) is 6.79. The molecule has 2 fully saturated rings. The molecule has 6 aromatic rings. The molecule has 0 amide bonds. The van der Waals surface area contributed by atoms with E-state index in [1.807, 2.05) is 72.8 Å². The molecular formula is C38H32N5NaO5. The van der Waals surface area contributed by atoms with Crippen molar-refractivity contribution in [1.29, 1.82) is 0 Å². The summed E-state index contributed by atoms with van der Waals surface area (Å²) in [6, 6.07) is 32.1. The monoisotopic (exact) mass is 661 g/mol. The first-order valence-corrected chi connectivity index (χ1v) is 16.1. The van der Waals surface area contributed by atoms with Gasteiger partial charge in [-0.3, -0.25) is 14.8 Å². The molecule has 8 rings (SSSR count). The molecular weight excluding hydrogens is 629 g/mol. The summed E-state index contributed by atoms with van der Waals surface area (Å²) < 4.78 is 12.2. The van der Waals surface area contributed by atoms with Gasteiger partial charge in [0.2, 0.25) is 0 Å². The van der Waals surface area contributed by atoms with Crippen LogP contribution >= 0.6 is 0 Å². The Kier molecular flexibility index (Phi) is 9.57. The van der Waals surface area contributed by atoms with E-state index in [0.29, 0.717) is 13.2 Å². The van der Waals surface area contributed by atoms with Crippen molar-refractivity contribution in [3.8, 4) is 11.5 Å². The summed E-state index contributed by atoms with van der Waals surface area (Å²) in [5, 5.41) is 12.9. The molecule has 10 nitrogen and oxygen atoms in total. The fraction of sp³-hybridized carbons (Fsp3) is 0.237. The van der Waals surface area contributed by atoms with Gasteiger partial charge in [-0.25, -0.2) is 9.97 Å². The van der Waals surface area contributed by atoms with Crippen molar-refractivity contribution >= 4 is 28.0 Å². The molecule has 1 aliphatic carbocycles. The van der Waals surface area contributed by atoms with Crippen molar-refractivity contribution in [2.75, 3.05) is 0 Å². The number of aliphatic carboxylic acids is 1. The molecule has 240 valence electrons. The average molecular weight is 662 g/mol. The van der Waals surface area contributed by atoms with Gasteiger partial charge in [-0.05, 0) is 85.3 Å². The van der Waals surface area contributed by atoms with Crippen molar-refractivity contribution in [3.63, 3.8) is 0 Å². The zero-order valence-electron chi connectivity index (χ0n) is 27.1. The molecule has 2 aromatic heterocycles. The van der Waals surface area contributed by atoms with Gasteiger partial charge in [0.1, 0.15) is 24.7 Å². The normalized spacial score (nSPS) is 18.4. The van der Waals surface area contributed by atoms with E-state index >= 15 is 0 Å². The van der Waals surface area contributed by atoms with Crippen LogP contribution in [0.15, 0.2) is 109 Å². The number of benzene rings is 4. The zero-order valence-corrected chi connectivity index (χ0v) is 29.1. The number of carbonyl (C=O) groups is 1. The van der Waals surface area contributed by atoms with Crippen molar-refractivity contribution < 1.29 is 53.8 Å². The first-order valence-electron chi connectivity index (χ1n) is 16.1. The molecule has 49 heavy (non-hydrogen) atoms. The Morgan fingerprint density at radius 1 is 0.714 bits per heavy atom. The van der Waals surface area contributed by atoms with Crippen molar-refractivity contribution in [3.05, 3.63) is 132 Å². The van der Waals surface area contributed by atoms with Crippen LogP contribution in [0.3, 0.4) is 0 Å². The van der Waals surface area contributed by atoms with Gasteiger partial charge in [0.25, 0.3) is 0 Å². The third-order valence-corrected chi connectivity index (χ3v) is 9.36. The van der Waals surface area contributed by atoms with Crippen LogP contribution in [-0.4, -0.2) is 43.2 Å². The van der Waals surface area contributed by atoms with Crippen molar-refractivity contribution in [2.45, 2.75) is 56.6 Å². The molecule has 1 saturated heterocycles. The van der Waals surface area contributed by atoms with Crippen molar-refractivity contribution in [2.24, 2.45) is 0 Å². The van der Waals surface area contributed by atoms with Crippen LogP contribution in [0.2, 0.25) is 0 Å². The molecule has 2 aliphatic rings. The van der Waals surface area contributed by atoms with Gasteiger partial charge in [-0.15, -0.1) is 5.06 Å². The van der Waals surface area contributed by atoms with Gasteiger partial charge in [0.05, 0.1) is 51.8 Å². The summed E-state index contributed by atoms with van der Waals surface area (Å²) in [6.07, 6.45) is 5.74. The van der Waals surface area contributed by atoms with E-state index < -0.39 is 12.2 Å². The second-order valence-corrected chi connectivity index (χ2v) is 12.3. The number of carboxylic acid groups (broad SMARTS) is 1. The van der Waals surface area contributed by atoms with E-state index in [4.69, 9.17) is 14.3 Å². The largest absolute Gasteiger partial charge is 1.00 e. The molecule has 0 N–H and O–H groups in total. The van der Waals surface area contributed by atoms with E-state index in [1.165, 1.54) is 11.1 Å². The maximum absolute atomic E-state index is 11.3. The van der Waals surface area contributed by atoms with Crippen LogP contribution in [0, 0.1) is 0 Å². The number of hydroxylamine groups is 2. The molecule has 1 saturated carbocycles. The number of fused-ring (bicyclic) bond motifs is 2. The Bertz CT molecular complexity index is 1960. The summed E-state index contributed by atoms with van der Waals surface area (Å²) in [7, 11) is 0. The second-order valence-electron chi connectivity index (χ2n) is 12.3. The van der Waals surface area contributed by atoms with Crippen LogP contribution in [0.25, 0.3) is 22.1 Å². The Labute approximate surface area is 305 Å². The van der Waals surface area contributed by atoms with Gasteiger partial charge < -0.3 is 19.4 Å². The quantitative estimate of drug-likeness (QED) is 0.160. The number of hydrogen-bond acceptors (Lipinski definition) is 10. The summed E-state index contributed by atoms with van der Waals surface area (Å²) in [5.41, 5.74) is 6.95. The van der Waals surface area contributed by atoms with Crippen LogP contribution in [0.5, 0.6) is 11.5 Å². The minimum absolute atomic E-state index is 0. The Hall–Kier alpha value is -4.45. The molecule has 0 radical (unpaired) electrons. The first kappa shape index (κ1) is 33.1. The maximum atomic E-state index is 11.3. The van der Waals surface area contributed by atoms with Crippen LogP contribution in [-0.2, 0) is 28.3 Å². The van der Waals surface area contributed by atoms with E-state index in [-0.39, 0.29) is 41.0 Å². The standard InChI is InChI=1S/C38H33N5O5.Na/c44-37(45)36-43(48-36)29-17-19-38(20-18-29,25-9-13-30(14-10-25)46-23-27-21-39-32-5-1-3-7-34(32)41-27)26-11-15-31(16-12-26)47-24-28-22-40-33-6-2-4-8-35(33)42-28;/h1-16,21-22,29,36H,17-20,23-24H2,(H,44,45);/q;+1/p-1. The predicted molar refractivity (Wildman–Crippen MR) is 175 cm³/mol. The van der Waals surface area contributed by atoms with Crippen molar-refractivity contribution in [1.82, 2.24) is 25.0 Å². The summed E-state index contributed by atoms with van der Waals surface area (Å²) >= 11 is 0. The van der Waals surface area contributed by atoms with Gasteiger partial charge in [0.15, 0.2) is 6.23 Å². The van der Waals surface area contributed by atoms with E-state index in [1.54, 1.807) is 17.5 Å². The number of hydrogen-bond donors (Lipinski definition) is 0. The number of rotatable bonds is 10. The Morgan fingerprint density at radius 2 is 1.16 bits per heavy atom. The Balaban J connectivity index is 0.00000378. The molecule has 4 aromatic carbocycles. The SMILES string of the molecule is O=C([O-])C1ON1C1CCC(c2ccc(OCc3cnc4ccccc4n3)cc2)(c2ccc(OCc3cnc4ccccc4n3)cc2)CC1.[Na+]. The van der Waals surface area contributed by atoms with Crippen LogP contribution in [0.4, 0.5) is 0 Å². The van der Waals surface area contributed by atoms with E-state index in [0.717, 1.165) is 70.6 Å². The summed E-state index contributed by atoms with van der Waals surface area (Å²) in [5.74, 6) is 0.294. The number of ether oxygens (including phenoxy) is 2. The van der Waals surface area contributed by atoms with Gasteiger partial charge in [-0.1, -0.05) is 48.5 Å². The van der Waals surface area contributed by atoms with Crippen LogP contribution in [0.1, 0.15) is 48.2 Å². The number of para-hydroxylation sites is 4. The minimum Gasteiger partial charge on any atom is -0.546 e. The number of aromatic nitrogens is 4. The van der Waals surface area contributed by atoms with Gasteiger partial charge in [-0.2, -0.15) is 0 Å². The van der Waals surface area contributed by atoms with Crippen LogP contribution < -0.4 is 44.1 Å². The number of nitrogens with zero attached hydrogens (tertiary/aromatic N) is 5. The maximum Gasteiger partial charge on any atom is 1.00 e. The minimum atomic E-state index is -1.19. The molecule has 1 aliphatic heterocycles. The topological polar surface area (TPSA) is 126 Å². The Morgan fingerprint density at radius 3 is 1.59 bits per heavy atom. The third kappa shape index (κ3) is 7.01. The molecule has 11 heteroatoms. The summed E-state index contributed by atoms with van der Waals surface area (Å²) in [6.45, 7) is 0.622. The smallest absolute Gasteiger partial charge is 0.546 e. The zero-order chi connectivity index (χ0) is 32.5. The second kappa shape index (κ2) is 14.2. The molecule has 0 spiro atoms.